The molecular formula is C10H16O. The molecule has 62 valence electrons. The lowest BCUT2D eigenvalue weighted by molar-refractivity contribution is -0.0870. The molecule has 1 heteroatoms. The predicted molar refractivity (Wildman–Crippen MR) is 43.3 cm³/mol. The third-order valence-corrected chi connectivity index (χ3v) is 4.05. The number of hydrogen-bond acceptors (Lipinski definition) is 1. The Morgan fingerprint density at radius 3 is 2.82 bits per heavy atom. The molecule has 0 spiro atoms. The SMILES string of the molecule is C1CC2OCC3CCC2C3C1. The molecule has 1 heterocycles. The number of ether oxygens (including phenoxy) is 1. The molecule has 11 heavy (non-hydrogen) atoms. The molecule has 2 saturated carbocycles. The fourth-order valence-corrected chi connectivity index (χ4v) is 3.53. The molecule has 0 N–H and O–H groups in total. The second-order valence-corrected chi connectivity index (χ2v) is 4.47. The van der Waals surface area contributed by atoms with Crippen molar-refractivity contribution in [3.8, 4) is 0 Å². The molecule has 0 aromatic carbocycles. The Kier molecular flexibility index (Phi) is 1.31. The van der Waals surface area contributed by atoms with Crippen LogP contribution in [0.1, 0.15) is 32.1 Å². The summed E-state index contributed by atoms with van der Waals surface area (Å²) in [7, 11) is 0. The second kappa shape index (κ2) is 2.22. The zero-order chi connectivity index (χ0) is 7.26. The van der Waals surface area contributed by atoms with Crippen LogP contribution in [-0.2, 0) is 4.74 Å². The fraction of sp³-hybridized carbons (Fsp3) is 1.00. The van der Waals surface area contributed by atoms with E-state index in [0.717, 1.165) is 24.4 Å². The Morgan fingerprint density at radius 2 is 1.91 bits per heavy atom. The first kappa shape index (κ1) is 6.47. The summed E-state index contributed by atoms with van der Waals surface area (Å²) in [5.74, 6) is 3.00. The van der Waals surface area contributed by atoms with Crippen molar-refractivity contribution in [2.45, 2.75) is 38.2 Å². The van der Waals surface area contributed by atoms with E-state index in [2.05, 4.69) is 0 Å². The number of rotatable bonds is 0. The van der Waals surface area contributed by atoms with E-state index >= 15 is 0 Å². The summed E-state index contributed by atoms with van der Waals surface area (Å²) >= 11 is 0. The van der Waals surface area contributed by atoms with Crippen LogP contribution in [0.15, 0.2) is 0 Å². The maximum atomic E-state index is 5.84. The topological polar surface area (TPSA) is 9.23 Å². The maximum absolute atomic E-state index is 5.84. The van der Waals surface area contributed by atoms with Crippen LogP contribution in [0, 0.1) is 17.8 Å². The lowest BCUT2D eigenvalue weighted by Crippen LogP contribution is -2.39. The fourth-order valence-electron chi connectivity index (χ4n) is 3.53. The highest BCUT2D eigenvalue weighted by atomic mass is 16.5. The van der Waals surface area contributed by atoms with Crippen molar-refractivity contribution in [1.29, 1.82) is 0 Å². The van der Waals surface area contributed by atoms with Crippen LogP contribution in [0.5, 0.6) is 0 Å². The van der Waals surface area contributed by atoms with Crippen molar-refractivity contribution in [1.82, 2.24) is 0 Å². The van der Waals surface area contributed by atoms with Gasteiger partial charge in [-0.2, -0.15) is 0 Å². The minimum Gasteiger partial charge on any atom is -0.378 e. The zero-order valence-electron chi connectivity index (χ0n) is 6.96. The van der Waals surface area contributed by atoms with E-state index in [4.69, 9.17) is 4.74 Å². The van der Waals surface area contributed by atoms with Crippen LogP contribution in [-0.4, -0.2) is 12.7 Å². The van der Waals surface area contributed by atoms with E-state index in [1.165, 1.54) is 32.1 Å². The van der Waals surface area contributed by atoms with Gasteiger partial charge >= 0.3 is 0 Å². The Labute approximate surface area is 68.1 Å². The molecule has 0 aromatic rings. The molecule has 0 radical (unpaired) electrons. The molecule has 2 aliphatic carbocycles. The van der Waals surface area contributed by atoms with E-state index in [9.17, 15) is 0 Å². The lowest BCUT2D eigenvalue weighted by atomic mass is 9.75. The lowest BCUT2D eigenvalue weighted by Gasteiger charge is -2.40. The molecule has 4 bridgehead atoms. The minimum atomic E-state index is 0.674. The van der Waals surface area contributed by atoms with E-state index in [-0.39, 0.29) is 0 Å². The first-order valence-corrected chi connectivity index (χ1v) is 5.07. The third-order valence-electron chi connectivity index (χ3n) is 4.05. The van der Waals surface area contributed by atoms with Gasteiger partial charge < -0.3 is 4.74 Å². The maximum Gasteiger partial charge on any atom is 0.0606 e. The van der Waals surface area contributed by atoms with Gasteiger partial charge in [0.05, 0.1) is 12.7 Å². The largest absolute Gasteiger partial charge is 0.378 e. The third kappa shape index (κ3) is 0.807. The average molecular weight is 152 g/mol. The van der Waals surface area contributed by atoms with Gasteiger partial charge in [-0.05, 0) is 43.4 Å². The molecule has 1 saturated heterocycles. The smallest absolute Gasteiger partial charge is 0.0606 e. The van der Waals surface area contributed by atoms with E-state index in [0.29, 0.717) is 6.10 Å². The molecule has 1 aliphatic heterocycles. The number of hydrogen-bond donors (Lipinski definition) is 0. The zero-order valence-corrected chi connectivity index (χ0v) is 6.96. The van der Waals surface area contributed by atoms with Crippen molar-refractivity contribution in [2.24, 2.45) is 17.8 Å². The van der Waals surface area contributed by atoms with Crippen LogP contribution in [0.3, 0.4) is 0 Å². The molecule has 0 amide bonds. The van der Waals surface area contributed by atoms with Gasteiger partial charge in [0, 0.05) is 0 Å². The summed E-state index contributed by atoms with van der Waals surface area (Å²) in [6, 6.07) is 0. The first-order valence-electron chi connectivity index (χ1n) is 5.07. The van der Waals surface area contributed by atoms with Gasteiger partial charge in [-0.1, -0.05) is 6.42 Å². The molecule has 4 unspecified atom stereocenters. The Bertz CT molecular complexity index is 164. The minimum absolute atomic E-state index is 0.674. The predicted octanol–water partition coefficient (Wildman–Crippen LogP) is 2.21. The highest BCUT2D eigenvalue weighted by Crippen LogP contribution is 2.50. The summed E-state index contributed by atoms with van der Waals surface area (Å²) in [6.45, 7) is 1.09. The van der Waals surface area contributed by atoms with Crippen LogP contribution < -0.4 is 0 Å². The van der Waals surface area contributed by atoms with Gasteiger partial charge in [0.15, 0.2) is 0 Å². The van der Waals surface area contributed by atoms with Crippen molar-refractivity contribution in [2.75, 3.05) is 6.61 Å². The highest BCUT2D eigenvalue weighted by molar-refractivity contribution is 4.95. The van der Waals surface area contributed by atoms with Crippen LogP contribution in [0.2, 0.25) is 0 Å². The van der Waals surface area contributed by atoms with E-state index in [1.54, 1.807) is 0 Å². The van der Waals surface area contributed by atoms with E-state index in [1.807, 2.05) is 0 Å². The summed E-state index contributed by atoms with van der Waals surface area (Å²) in [6.07, 6.45) is 7.91. The van der Waals surface area contributed by atoms with Gasteiger partial charge in [0.2, 0.25) is 0 Å². The average Bonchev–Trinajstić information content (AvgIpc) is 2.28. The monoisotopic (exact) mass is 152 g/mol. The van der Waals surface area contributed by atoms with Gasteiger partial charge in [-0.15, -0.1) is 0 Å². The Morgan fingerprint density at radius 1 is 0.909 bits per heavy atom. The second-order valence-electron chi connectivity index (χ2n) is 4.47. The molecule has 4 atom stereocenters. The summed E-state index contributed by atoms with van der Waals surface area (Å²) in [4.78, 5) is 0. The first-order chi connectivity index (χ1) is 5.45. The van der Waals surface area contributed by atoms with Crippen LogP contribution in [0.25, 0.3) is 0 Å². The van der Waals surface area contributed by atoms with Crippen LogP contribution >= 0.6 is 0 Å². The van der Waals surface area contributed by atoms with Crippen LogP contribution in [0.4, 0.5) is 0 Å². The molecule has 3 fully saturated rings. The van der Waals surface area contributed by atoms with Gasteiger partial charge in [-0.3, -0.25) is 0 Å². The molecule has 3 rings (SSSR count). The summed E-state index contributed by atoms with van der Waals surface area (Å²) in [5, 5.41) is 0. The van der Waals surface area contributed by atoms with Gasteiger partial charge in [-0.25, -0.2) is 0 Å². The molecule has 3 aliphatic rings. The molecular weight excluding hydrogens is 136 g/mol. The summed E-state index contributed by atoms with van der Waals surface area (Å²) < 4.78 is 5.84. The highest BCUT2D eigenvalue weighted by Gasteiger charge is 2.46. The van der Waals surface area contributed by atoms with Gasteiger partial charge in [0.25, 0.3) is 0 Å². The van der Waals surface area contributed by atoms with Crippen molar-refractivity contribution in [3.63, 3.8) is 0 Å². The molecule has 1 nitrogen and oxygen atoms in total. The summed E-state index contributed by atoms with van der Waals surface area (Å²) in [5.41, 5.74) is 0. The van der Waals surface area contributed by atoms with Crippen molar-refractivity contribution < 1.29 is 4.74 Å². The normalized spacial score (nSPS) is 54.5. The van der Waals surface area contributed by atoms with Crippen molar-refractivity contribution in [3.05, 3.63) is 0 Å². The standard InChI is InChI=1S/C10H16O/c1-2-8-7-4-5-9(8)10(3-1)11-6-7/h7-10H,1-6H2. The van der Waals surface area contributed by atoms with Crippen molar-refractivity contribution >= 4 is 0 Å². The molecule has 0 aromatic heterocycles. The van der Waals surface area contributed by atoms with Gasteiger partial charge in [0.1, 0.15) is 0 Å². The Balaban J connectivity index is 1.91. The van der Waals surface area contributed by atoms with E-state index < -0.39 is 0 Å². The quantitative estimate of drug-likeness (QED) is 0.517. The Hall–Kier alpha value is -0.0400.